The Hall–Kier alpha value is -7.20. The molecular weight excluding hydrogens is 879 g/mol. The van der Waals surface area contributed by atoms with Crippen LogP contribution >= 0.6 is 0 Å². The number of alkyl carbamates (subject to hydrolysis) is 1. The summed E-state index contributed by atoms with van der Waals surface area (Å²) in [5.41, 5.74) is 4.22. The van der Waals surface area contributed by atoms with Crippen LogP contribution in [0.4, 0.5) is 4.79 Å². The smallest absolute Gasteiger partial charge is 0.408 e. The summed E-state index contributed by atoms with van der Waals surface area (Å²) in [6.45, 7) is 4.00. The first-order valence-corrected chi connectivity index (χ1v) is 23.5. The van der Waals surface area contributed by atoms with Crippen molar-refractivity contribution in [1.29, 1.82) is 0 Å². The number of nitrogens with one attached hydrogen (secondary N) is 4. The normalized spacial score (nSPS) is 17.6. The highest BCUT2D eigenvalue weighted by atomic mass is 16.6. The fourth-order valence-electron chi connectivity index (χ4n) is 9.00. The number of fused-ring (bicyclic) bond motifs is 4. The van der Waals surface area contributed by atoms with Crippen molar-refractivity contribution in [1.82, 2.24) is 25.8 Å². The summed E-state index contributed by atoms with van der Waals surface area (Å²) in [6, 6.07) is 36.2. The van der Waals surface area contributed by atoms with Crippen molar-refractivity contribution in [3.05, 3.63) is 171 Å². The Morgan fingerprint density at radius 3 is 2.30 bits per heavy atom. The van der Waals surface area contributed by atoms with Crippen LogP contribution in [-0.4, -0.2) is 96.7 Å². The summed E-state index contributed by atoms with van der Waals surface area (Å²) < 4.78 is 23.2. The van der Waals surface area contributed by atoms with Gasteiger partial charge >= 0.3 is 12.1 Å². The van der Waals surface area contributed by atoms with Crippen LogP contribution in [0.25, 0.3) is 10.9 Å². The third kappa shape index (κ3) is 12.9. The third-order valence-electron chi connectivity index (χ3n) is 12.8. The second kappa shape index (κ2) is 23.2. The molecule has 9 rings (SSSR count). The SMILES string of the molecule is COc1ccc(CC(NC(=O)c2ccc(COc3cccc([C@@H](NC(=O)O[C@H]4CN5CCC4CC5)c4ccccc4)c3)cc2)C(=O)OCCCCNC[C@H](O)c2ccc(O)c3[nH]c(=O)ccc23)cc1. The summed E-state index contributed by atoms with van der Waals surface area (Å²) in [7, 11) is 1.57. The van der Waals surface area contributed by atoms with E-state index in [1.165, 1.54) is 12.1 Å². The number of methoxy groups -OCH3 is 1. The number of hydrogen-bond acceptors (Lipinski definition) is 12. The number of piperidine rings is 3. The van der Waals surface area contributed by atoms with E-state index in [4.69, 9.17) is 18.9 Å². The van der Waals surface area contributed by atoms with Crippen molar-refractivity contribution in [3.63, 3.8) is 0 Å². The van der Waals surface area contributed by atoms with Crippen molar-refractivity contribution in [2.24, 2.45) is 5.92 Å². The average molecular weight is 938 g/mol. The van der Waals surface area contributed by atoms with Crippen LogP contribution in [-0.2, 0) is 27.3 Å². The molecule has 6 aromatic rings. The Morgan fingerprint density at radius 2 is 1.57 bits per heavy atom. The fraction of sp³-hybridized carbons (Fsp3) is 0.333. The summed E-state index contributed by atoms with van der Waals surface area (Å²) in [5, 5.41) is 30.8. The average Bonchev–Trinajstić information content (AvgIpc) is 3.38. The number of aliphatic hydroxyl groups is 1. The first-order valence-electron chi connectivity index (χ1n) is 23.5. The number of benzene rings is 5. The topological polar surface area (TPSA) is 201 Å². The summed E-state index contributed by atoms with van der Waals surface area (Å²) in [4.78, 5) is 57.2. The van der Waals surface area contributed by atoms with Crippen LogP contribution in [0.15, 0.2) is 132 Å². The molecule has 69 heavy (non-hydrogen) atoms. The number of carbonyl (C=O) groups excluding carboxylic acids is 3. The van der Waals surface area contributed by atoms with Gasteiger partial charge in [-0.15, -0.1) is 0 Å². The van der Waals surface area contributed by atoms with Gasteiger partial charge in [-0.2, -0.15) is 0 Å². The molecule has 6 N–H and O–H groups in total. The number of H-pyrrole nitrogens is 1. The Kier molecular flexibility index (Phi) is 16.2. The van der Waals surface area contributed by atoms with Crippen molar-refractivity contribution in [2.75, 3.05) is 46.4 Å². The second-order valence-corrected chi connectivity index (χ2v) is 17.6. The molecule has 2 amide bonds. The number of esters is 1. The number of phenols is 1. The maximum absolute atomic E-state index is 13.6. The molecule has 3 fully saturated rings. The molecule has 5 aromatic carbocycles. The maximum atomic E-state index is 13.6. The largest absolute Gasteiger partial charge is 0.506 e. The molecule has 360 valence electrons. The molecule has 2 bridgehead atoms. The van der Waals surface area contributed by atoms with Gasteiger partial charge in [0.2, 0.25) is 5.56 Å². The zero-order valence-electron chi connectivity index (χ0n) is 38.6. The van der Waals surface area contributed by atoms with E-state index in [-0.39, 0.29) is 49.1 Å². The number of amides is 2. The fourth-order valence-corrected chi connectivity index (χ4v) is 9.00. The quantitative estimate of drug-likeness (QED) is 0.0330. The minimum absolute atomic E-state index is 0.0777. The number of phenolic OH excluding ortho intramolecular Hbond substituents is 1. The first kappa shape index (κ1) is 48.3. The number of carbonyl (C=O) groups is 3. The molecule has 1 aromatic heterocycles. The predicted octanol–water partition coefficient (Wildman–Crippen LogP) is 6.72. The Balaban J connectivity index is 0.829. The van der Waals surface area contributed by atoms with E-state index >= 15 is 0 Å². The van der Waals surface area contributed by atoms with Crippen LogP contribution < -0.4 is 31.0 Å². The molecule has 15 nitrogen and oxygen atoms in total. The second-order valence-electron chi connectivity index (χ2n) is 17.6. The van der Waals surface area contributed by atoms with Crippen LogP contribution in [0.1, 0.15) is 76.0 Å². The van der Waals surface area contributed by atoms with E-state index in [9.17, 15) is 29.4 Å². The van der Waals surface area contributed by atoms with Crippen LogP contribution in [0.2, 0.25) is 0 Å². The van der Waals surface area contributed by atoms with Crippen molar-refractivity contribution >= 4 is 28.9 Å². The Labute approximate surface area is 400 Å². The number of aromatic amines is 1. The number of aromatic hydroxyl groups is 1. The lowest BCUT2D eigenvalue weighted by Crippen LogP contribution is -2.52. The lowest BCUT2D eigenvalue weighted by Gasteiger charge is -2.43. The standard InChI is InChI=1S/C54H59N5O10/c1-66-41-18-14-35(15-19-41)30-45(53(64)67-29-6-5-26-55-32-47(61)43-20-22-46(60)51-44(43)21-23-49(62)57-51)56-52(63)39-16-12-36(13-17-39)34-68-42-11-7-10-40(31-42)50(38-8-3-2-4-9-38)58-54(65)69-48-33-59-27-24-37(48)25-28-59/h2-4,7-23,31,37,45,47-48,50,55,60-61H,5-6,24-30,32-34H2,1H3,(H,56,63)(H,57,62)(H,58,65)/t45?,47-,48-,50-/m0/s1. The molecule has 15 heteroatoms. The highest BCUT2D eigenvalue weighted by Crippen LogP contribution is 2.32. The van der Waals surface area contributed by atoms with Gasteiger partial charge < -0.3 is 50.1 Å². The number of aliphatic hydroxyl groups excluding tert-OH is 1. The number of ether oxygens (including phenoxy) is 4. The molecule has 4 heterocycles. The lowest BCUT2D eigenvalue weighted by molar-refractivity contribution is -0.146. The number of unbranched alkanes of at least 4 members (excludes halogenated alkanes) is 1. The number of hydrogen-bond donors (Lipinski definition) is 6. The molecule has 3 aliphatic rings. The van der Waals surface area contributed by atoms with E-state index < -0.39 is 36.2 Å². The van der Waals surface area contributed by atoms with Gasteiger partial charge in [0.1, 0.15) is 36.0 Å². The number of rotatable bonds is 21. The van der Waals surface area contributed by atoms with E-state index in [2.05, 4.69) is 25.8 Å². The van der Waals surface area contributed by atoms with Gasteiger partial charge in [0, 0.05) is 36.5 Å². The highest BCUT2D eigenvalue weighted by Gasteiger charge is 2.37. The predicted molar refractivity (Wildman–Crippen MR) is 260 cm³/mol. The zero-order valence-corrected chi connectivity index (χ0v) is 38.6. The van der Waals surface area contributed by atoms with Crippen molar-refractivity contribution < 1.29 is 43.5 Å². The molecule has 1 unspecified atom stereocenters. The minimum atomic E-state index is -0.971. The molecule has 0 radical (unpaired) electrons. The van der Waals surface area contributed by atoms with Gasteiger partial charge in [-0.3, -0.25) is 14.5 Å². The number of aromatic nitrogens is 1. The molecule has 0 spiro atoms. The van der Waals surface area contributed by atoms with E-state index in [0.717, 1.165) is 54.7 Å². The van der Waals surface area contributed by atoms with Crippen LogP contribution in [0.3, 0.4) is 0 Å². The summed E-state index contributed by atoms with van der Waals surface area (Å²) in [5.74, 6) is 0.587. The first-order chi connectivity index (χ1) is 33.6. The molecular formula is C54H59N5O10. The number of nitrogens with zero attached hydrogens (tertiary/aromatic N) is 1. The molecule has 4 atom stereocenters. The van der Waals surface area contributed by atoms with E-state index in [0.29, 0.717) is 53.3 Å². The number of pyridine rings is 1. The molecule has 3 aliphatic heterocycles. The summed E-state index contributed by atoms with van der Waals surface area (Å²) >= 11 is 0. The van der Waals surface area contributed by atoms with Gasteiger partial charge in [0.25, 0.3) is 5.91 Å². The molecule has 3 saturated heterocycles. The van der Waals surface area contributed by atoms with Gasteiger partial charge in [-0.25, -0.2) is 9.59 Å². The highest BCUT2D eigenvalue weighted by molar-refractivity contribution is 5.97. The van der Waals surface area contributed by atoms with E-state index in [1.54, 1.807) is 55.6 Å². The van der Waals surface area contributed by atoms with Gasteiger partial charge in [-0.1, -0.05) is 72.8 Å². The van der Waals surface area contributed by atoms with E-state index in [1.807, 2.05) is 66.7 Å². The Morgan fingerprint density at radius 1 is 0.812 bits per heavy atom. The van der Waals surface area contributed by atoms with Gasteiger partial charge in [0.05, 0.1) is 31.4 Å². The molecule has 0 saturated carbocycles. The minimum Gasteiger partial charge on any atom is -0.506 e. The molecule has 0 aliphatic carbocycles. The maximum Gasteiger partial charge on any atom is 0.408 e. The summed E-state index contributed by atoms with van der Waals surface area (Å²) in [6.07, 6.45) is 2.02. The lowest BCUT2D eigenvalue weighted by atomic mass is 9.86. The van der Waals surface area contributed by atoms with Gasteiger partial charge in [0.15, 0.2) is 0 Å². The monoisotopic (exact) mass is 937 g/mol. The van der Waals surface area contributed by atoms with Crippen LogP contribution in [0, 0.1) is 5.92 Å². The zero-order chi connectivity index (χ0) is 48.1. The van der Waals surface area contributed by atoms with Crippen molar-refractivity contribution in [2.45, 2.75) is 63.0 Å². The third-order valence-corrected chi connectivity index (χ3v) is 12.8. The Bertz CT molecular complexity index is 2720. The van der Waals surface area contributed by atoms with Gasteiger partial charge in [-0.05, 0) is 128 Å². The van der Waals surface area contributed by atoms with Crippen molar-refractivity contribution in [3.8, 4) is 17.2 Å². The van der Waals surface area contributed by atoms with Crippen LogP contribution in [0.5, 0.6) is 17.2 Å².